The fourth-order valence-corrected chi connectivity index (χ4v) is 2.73. The molecule has 1 aromatic carbocycles. The number of benzene rings is 1. The molecule has 1 heterocycles. The first-order valence-corrected chi connectivity index (χ1v) is 7.62. The maximum absolute atomic E-state index is 13.9. The Morgan fingerprint density at radius 3 is 3.00 bits per heavy atom. The topological polar surface area (TPSA) is 61.4 Å². The van der Waals surface area contributed by atoms with Crippen molar-refractivity contribution in [1.29, 1.82) is 0 Å². The summed E-state index contributed by atoms with van der Waals surface area (Å²) in [6.07, 6.45) is 0.0474. The minimum atomic E-state index is -0.615. The van der Waals surface area contributed by atoms with Crippen LogP contribution in [0.5, 0.6) is 0 Å². The second kappa shape index (κ2) is 7.56. The molecule has 2 N–H and O–H groups in total. The van der Waals surface area contributed by atoms with E-state index in [2.05, 4.69) is 10.6 Å². The third-order valence-electron chi connectivity index (χ3n) is 3.62. The maximum atomic E-state index is 13.9. The highest BCUT2D eigenvalue weighted by Gasteiger charge is 2.32. The Kier molecular flexibility index (Phi) is 5.74. The van der Waals surface area contributed by atoms with Crippen LogP contribution in [-0.2, 0) is 16.1 Å². The highest BCUT2D eigenvalue weighted by molar-refractivity contribution is 6.31. The van der Waals surface area contributed by atoms with Gasteiger partial charge >= 0.3 is 0 Å². The Bertz CT molecular complexity index is 547. The first-order valence-electron chi connectivity index (χ1n) is 7.24. The zero-order valence-corrected chi connectivity index (χ0v) is 13.1. The molecule has 1 atom stereocenters. The standard InChI is InChI=1S/C15H19ClFN3O2/c1-2-18-14(21)8-13-15(22)19-6-7-20(13)9-10-11(16)4-3-5-12(10)17/h3-5,13H,2,6-9H2,1H3,(H,18,21)(H,19,22)/t13-/m0/s1. The predicted molar refractivity (Wildman–Crippen MR) is 81.9 cm³/mol. The number of piperazine rings is 1. The third kappa shape index (κ3) is 3.96. The molecule has 1 aromatic rings. The lowest BCUT2D eigenvalue weighted by atomic mass is 10.1. The smallest absolute Gasteiger partial charge is 0.237 e. The van der Waals surface area contributed by atoms with Gasteiger partial charge in [-0.15, -0.1) is 0 Å². The van der Waals surface area contributed by atoms with Crippen LogP contribution in [0.25, 0.3) is 0 Å². The van der Waals surface area contributed by atoms with E-state index in [1.165, 1.54) is 12.1 Å². The Morgan fingerprint density at radius 2 is 2.32 bits per heavy atom. The van der Waals surface area contributed by atoms with Gasteiger partial charge in [-0.05, 0) is 19.1 Å². The fourth-order valence-electron chi connectivity index (χ4n) is 2.50. The van der Waals surface area contributed by atoms with Crippen LogP contribution < -0.4 is 10.6 Å². The van der Waals surface area contributed by atoms with E-state index < -0.39 is 11.9 Å². The van der Waals surface area contributed by atoms with Crippen LogP contribution >= 0.6 is 11.6 Å². The van der Waals surface area contributed by atoms with Crippen molar-refractivity contribution in [2.24, 2.45) is 0 Å². The zero-order chi connectivity index (χ0) is 16.1. The molecule has 22 heavy (non-hydrogen) atoms. The van der Waals surface area contributed by atoms with Crippen molar-refractivity contribution in [1.82, 2.24) is 15.5 Å². The van der Waals surface area contributed by atoms with Gasteiger partial charge in [0.15, 0.2) is 0 Å². The van der Waals surface area contributed by atoms with E-state index >= 15 is 0 Å². The van der Waals surface area contributed by atoms with E-state index in [0.29, 0.717) is 30.2 Å². The van der Waals surface area contributed by atoms with Crippen molar-refractivity contribution in [2.45, 2.75) is 25.9 Å². The summed E-state index contributed by atoms with van der Waals surface area (Å²) in [6.45, 7) is 3.53. The summed E-state index contributed by atoms with van der Waals surface area (Å²) in [7, 11) is 0. The average Bonchev–Trinajstić information content (AvgIpc) is 2.46. The lowest BCUT2D eigenvalue weighted by Crippen LogP contribution is -2.56. The van der Waals surface area contributed by atoms with Crippen LogP contribution in [0.2, 0.25) is 5.02 Å². The van der Waals surface area contributed by atoms with Gasteiger partial charge in [0, 0.05) is 36.8 Å². The van der Waals surface area contributed by atoms with Crippen molar-refractivity contribution in [2.75, 3.05) is 19.6 Å². The van der Waals surface area contributed by atoms with Gasteiger partial charge in [-0.1, -0.05) is 17.7 Å². The summed E-state index contributed by atoms with van der Waals surface area (Å²) in [6, 6.07) is 3.87. The normalized spacial score (nSPS) is 18.9. The molecular formula is C15H19ClFN3O2. The second-order valence-electron chi connectivity index (χ2n) is 5.14. The van der Waals surface area contributed by atoms with Crippen LogP contribution in [0.3, 0.4) is 0 Å². The molecular weight excluding hydrogens is 309 g/mol. The average molecular weight is 328 g/mol. The van der Waals surface area contributed by atoms with Crippen LogP contribution in [0, 0.1) is 5.82 Å². The lowest BCUT2D eigenvalue weighted by Gasteiger charge is -2.34. The molecule has 0 aliphatic carbocycles. The number of rotatable bonds is 5. The van der Waals surface area contributed by atoms with Gasteiger partial charge in [0.05, 0.1) is 12.5 Å². The Morgan fingerprint density at radius 1 is 1.55 bits per heavy atom. The van der Waals surface area contributed by atoms with E-state index in [9.17, 15) is 14.0 Å². The third-order valence-corrected chi connectivity index (χ3v) is 3.97. The van der Waals surface area contributed by atoms with Gasteiger partial charge in [0.25, 0.3) is 0 Å². The van der Waals surface area contributed by atoms with Gasteiger partial charge < -0.3 is 10.6 Å². The number of hydrogen-bond donors (Lipinski definition) is 2. The molecule has 120 valence electrons. The molecule has 0 aromatic heterocycles. The van der Waals surface area contributed by atoms with E-state index in [-0.39, 0.29) is 24.8 Å². The molecule has 1 aliphatic rings. The predicted octanol–water partition coefficient (Wildman–Crippen LogP) is 1.31. The Labute approximate surface area is 133 Å². The minimum Gasteiger partial charge on any atom is -0.356 e. The molecule has 0 radical (unpaired) electrons. The summed E-state index contributed by atoms with van der Waals surface area (Å²) < 4.78 is 13.9. The maximum Gasteiger partial charge on any atom is 0.237 e. The molecule has 0 saturated carbocycles. The molecule has 1 aliphatic heterocycles. The van der Waals surface area contributed by atoms with Gasteiger partial charge in [-0.25, -0.2) is 4.39 Å². The number of carbonyl (C=O) groups is 2. The Hall–Kier alpha value is -1.66. The number of hydrogen-bond acceptors (Lipinski definition) is 3. The molecule has 5 nitrogen and oxygen atoms in total. The van der Waals surface area contributed by atoms with Crippen molar-refractivity contribution < 1.29 is 14.0 Å². The molecule has 1 saturated heterocycles. The second-order valence-corrected chi connectivity index (χ2v) is 5.54. The van der Waals surface area contributed by atoms with Gasteiger partial charge in [0.1, 0.15) is 5.82 Å². The first kappa shape index (κ1) is 16.7. The van der Waals surface area contributed by atoms with Crippen LogP contribution in [-0.4, -0.2) is 42.4 Å². The van der Waals surface area contributed by atoms with E-state index in [4.69, 9.17) is 11.6 Å². The number of carbonyl (C=O) groups excluding carboxylic acids is 2. The van der Waals surface area contributed by atoms with Crippen molar-refractivity contribution in [3.63, 3.8) is 0 Å². The van der Waals surface area contributed by atoms with Gasteiger partial charge in [0.2, 0.25) is 11.8 Å². The highest BCUT2D eigenvalue weighted by Crippen LogP contribution is 2.23. The van der Waals surface area contributed by atoms with Crippen LogP contribution in [0.1, 0.15) is 18.9 Å². The number of amides is 2. The molecule has 2 rings (SSSR count). The lowest BCUT2D eigenvalue weighted by molar-refractivity contribution is -0.134. The monoisotopic (exact) mass is 327 g/mol. The quantitative estimate of drug-likeness (QED) is 0.857. The summed E-state index contributed by atoms with van der Waals surface area (Å²) in [5.41, 5.74) is 0.347. The van der Waals surface area contributed by atoms with Crippen LogP contribution in [0.15, 0.2) is 18.2 Å². The molecule has 0 unspecified atom stereocenters. The number of nitrogens with zero attached hydrogens (tertiary/aromatic N) is 1. The van der Waals surface area contributed by atoms with Gasteiger partial charge in [-0.2, -0.15) is 0 Å². The highest BCUT2D eigenvalue weighted by atomic mass is 35.5. The summed E-state index contributed by atoms with van der Waals surface area (Å²) >= 11 is 6.04. The first-order chi connectivity index (χ1) is 10.5. The minimum absolute atomic E-state index is 0.0474. The van der Waals surface area contributed by atoms with E-state index in [1.54, 1.807) is 11.0 Å². The van der Waals surface area contributed by atoms with E-state index in [1.807, 2.05) is 6.92 Å². The van der Waals surface area contributed by atoms with Crippen molar-refractivity contribution in [3.05, 3.63) is 34.6 Å². The number of halogens is 2. The molecule has 7 heteroatoms. The van der Waals surface area contributed by atoms with Crippen LogP contribution in [0.4, 0.5) is 4.39 Å². The van der Waals surface area contributed by atoms with Crippen molar-refractivity contribution >= 4 is 23.4 Å². The van der Waals surface area contributed by atoms with Crippen molar-refractivity contribution in [3.8, 4) is 0 Å². The molecule has 0 bridgehead atoms. The fraction of sp³-hybridized carbons (Fsp3) is 0.467. The zero-order valence-electron chi connectivity index (χ0n) is 12.4. The summed E-state index contributed by atoms with van der Waals surface area (Å²) in [4.78, 5) is 25.6. The molecule has 1 fully saturated rings. The summed E-state index contributed by atoms with van der Waals surface area (Å²) in [5, 5.41) is 5.73. The molecule has 0 spiro atoms. The van der Waals surface area contributed by atoms with E-state index in [0.717, 1.165) is 0 Å². The summed E-state index contributed by atoms with van der Waals surface area (Å²) in [5.74, 6) is -0.825. The SMILES string of the molecule is CCNC(=O)C[C@H]1C(=O)NCCN1Cc1c(F)cccc1Cl. The Balaban J connectivity index is 2.15. The number of nitrogens with one attached hydrogen (secondary N) is 2. The largest absolute Gasteiger partial charge is 0.356 e. The molecule has 2 amide bonds. The van der Waals surface area contributed by atoms with Gasteiger partial charge in [-0.3, -0.25) is 14.5 Å².